The van der Waals surface area contributed by atoms with Crippen molar-refractivity contribution in [1.29, 1.82) is 0 Å². The van der Waals surface area contributed by atoms with Gasteiger partial charge in [0.1, 0.15) is 29.5 Å². The lowest BCUT2D eigenvalue weighted by Crippen LogP contribution is -2.43. The number of carbonyl (C=O) groups is 1. The predicted octanol–water partition coefficient (Wildman–Crippen LogP) is 7.72. The maximum atomic E-state index is 13.1. The number of nitrogens with zero attached hydrogens (tertiary/aromatic N) is 6. The summed E-state index contributed by atoms with van der Waals surface area (Å²) in [5, 5.41) is 19.0. The predicted molar refractivity (Wildman–Crippen MR) is 218 cm³/mol. The Labute approximate surface area is 321 Å². The summed E-state index contributed by atoms with van der Waals surface area (Å²) in [5.74, 6) is 0.732. The first-order chi connectivity index (χ1) is 26.4. The number of hydrogen-bond donors (Lipinski definition) is 1. The number of piperazine rings is 1. The summed E-state index contributed by atoms with van der Waals surface area (Å²) in [6.45, 7) is 7.03. The molecule has 1 fully saturated rings. The Hall–Kier alpha value is -4.97. The molecule has 1 saturated heterocycles. The molecule has 1 N–H and O–H groups in total. The number of ether oxygens (including phenoxy) is 2. The van der Waals surface area contributed by atoms with E-state index in [0.717, 1.165) is 107 Å². The first-order valence-electron chi connectivity index (χ1n) is 18.9. The highest BCUT2D eigenvalue weighted by Gasteiger charge is 2.29. The SMILES string of the molecule is CSN1CCN(c2ccc(OCc3nn(C)c4c3-c3cccc5c(CCCOc6cccc7ccccc67)c(C(=O)O)n(c35)CCCN(C)C4)cc2)CC1. The van der Waals surface area contributed by atoms with Crippen LogP contribution < -0.4 is 14.4 Å². The second-order valence-corrected chi connectivity index (χ2v) is 15.2. The summed E-state index contributed by atoms with van der Waals surface area (Å²) in [5.41, 5.74) is 7.30. The van der Waals surface area contributed by atoms with Crippen molar-refractivity contribution in [2.24, 2.45) is 7.05 Å². The second kappa shape index (κ2) is 15.8. The Morgan fingerprint density at radius 2 is 1.61 bits per heavy atom. The average Bonchev–Trinajstić information content (AvgIpc) is 3.68. The molecule has 2 aromatic heterocycles. The van der Waals surface area contributed by atoms with Crippen LogP contribution in [0, 0.1) is 0 Å². The van der Waals surface area contributed by atoms with Crippen molar-refractivity contribution in [3.05, 3.63) is 108 Å². The molecule has 0 unspecified atom stereocenters. The van der Waals surface area contributed by atoms with E-state index < -0.39 is 5.97 Å². The first-order valence-corrected chi connectivity index (χ1v) is 20.1. The van der Waals surface area contributed by atoms with Crippen LogP contribution >= 0.6 is 11.9 Å². The molecular weight excluding hydrogens is 697 g/mol. The lowest BCUT2D eigenvalue weighted by Gasteiger charge is -2.34. The maximum absolute atomic E-state index is 13.1. The average molecular weight is 745 g/mol. The van der Waals surface area contributed by atoms with Crippen LogP contribution in [0.25, 0.3) is 32.8 Å². The van der Waals surface area contributed by atoms with Gasteiger partial charge in [0.05, 0.1) is 17.8 Å². The standard InChI is InChI=1S/C43H48N6O4S/c1-45-21-9-22-49-41-34(35(42(49)43(50)51)15-8-27-52-39-16-6-11-30-10-4-5-12-33(30)39)13-7-14-36(41)40-37(44-46(2)38(40)28-45)29-53-32-19-17-31(18-20-32)47-23-25-48(54-3)26-24-47/h4-7,10-14,16-20H,8-9,15,21-29H2,1-3H3,(H,50,51). The normalized spacial score (nSPS) is 15.4. The van der Waals surface area contributed by atoms with E-state index in [1.165, 1.54) is 5.69 Å². The van der Waals surface area contributed by atoms with Gasteiger partial charge in [0, 0.05) is 73.9 Å². The minimum Gasteiger partial charge on any atom is -0.493 e. The highest BCUT2D eigenvalue weighted by molar-refractivity contribution is 7.96. The van der Waals surface area contributed by atoms with Gasteiger partial charge >= 0.3 is 5.97 Å². The third-order valence-electron chi connectivity index (χ3n) is 10.9. The number of benzene rings is 4. The number of fused-ring (bicyclic) bond motifs is 3. The van der Waals surface area contributed by atoms with Gasteiger partial charge in [-0.1, -0.05) is 66.5 Å². The Morgan fingerprint density at radius 1 is 0.852 bits per heavy atom. The van der Waals surface area contributed by atoms with Crippen molar-refractivity contribution in [2.75, 3.05) is 57.5 Å². The van der Waals surface area contributed by atoms with E-state index in [1.807, 2.05) is 64.6 Å². The molecule has 10 nitrogen and oxygen atoms in total. The van der Waals surface area contributed by atoms with Gasteiger partial charge in [-0.2, -0.15) is 5.10 Å². The fourth-order valence-electron chi connectivity index (χ4n) is 8.24. The summed E-state index contributed by atoms with van der Waals surface area (Å²) in [4.78, 5) is 17.9. The van der Waals surface area contributed by atoms with Gasteiger partial charge in [-0.05, 0) is 80.4 Å². The van der Waals surface area contributed by atoms with Crippen LogP contribution in [0.4, 0.5) is 5.69 Å². The zero-order valence-corrected chi connectivity index (χ0v) is 32.1. The fraction of sp³-hybridized carbons (Fsp3) is 0.349. The van der Waals surface area contributed by atoms with Crippen LogP contribution in [-0.4, -0.2) is 87.3 Å². The van der Waals surface area contributed by atoms with Crippen molar-refractivity contribution in [2.45, 2.75) is 39.0 Å². The molecule has 4 heterocycles. The van der Waals surface area contributed by atoms with Crippen LogP contribution in [0.1, 0.15) is 40.3 Å². The van der Waals surface area contributed by atoms with E-state index in [2.05, 4.69) is 75.9 Å². The van der Waals surface area contributed by atoms with Crippen LogP contribution in [0.5, 0.6) is 11.5 Å². The minimum absolute atomic E-state index is 0.292. The number of anilines is 1. The molecular formula is C43H48N6O4S. The van der Waals surface area contributed by atoms with Gasteiger partial charge in [0.2, 0.25) is 0 Å². The first kappa shape index (κ1) is 36.0. The molecule has 0 saturated carbocycles. The summed E-state index contributed by atoms with van der Waals surface area (Å²) < 4.78 is 19.2. The highest BCUT2D eigenvalue weighted by Crippen LogP contribution is 2.40. The van der Waals surface area contributed by atoms with Gasteiger partial charge in [-0.3, -0.25) is 4.68 Å². The molecule has 0 amide bonds. The smallest absolute Gasteiger partial charge is 0.352 e. The van der Waals surface area contributed by atoms with Gasteiger partial charge in [-0.25, -0.2) is 9.10 Å². The van der Waals surface area contributed by atoms with Crippen LogP contribution in [0.2, 0.25) is 0 Å². The number of aromatic carboxylic acids is 1. The van der Waals surface area contributed by atoms with E-state index in [1.54, 1.807) is 0 Å². The lowest BCUT2D eigenvalue weighted by molar-refractivity contribution is 0.0683. The highest BCUT2D eigenvalue weighted by atomic mass is 32.2. The molecule has 0 aliphatic carbocycles. The van der Waals surface area contributed by atoms with Crippen LogP contribution in [0.3, 0.4) is 0 Å². The van der Waals surface area contributed by atoms with Crippen LogP contribution in [-0.2, 0) is 33.2 Å². The zero-order valence-electron chi connectivity index (χ0n) is 31.3. The summed E-state index contributed by atoms with van der Waals surface area (Å²) in [7, 11) is 4.12. The summed E-state index contributed by atoms with van der Waals surface area (Å²) >= 11 is 1.81. The summed E-state index contributed by atoms with van der Waals surface area (Å²) in [6.07, 6.45) is 4.22. The molecule has 0 spiro atoms. The molecule has 2 aliphatic heterocycles. The number of carboxylic acid groups (broad SMARTS) is 1. The monoisotopic (exact) mass is 744 g/mol. The van der Waals surface area contributed by atoms with Gasteiger partial charge in [0.25, 0.3) is 0 Å². The Morgan fingerprint density at radius 3 is 2.41 bits per heavy atom. The number of aryl methyl sites for hydroxylation is 3. The number of hydrogen-bond acceptors (Lipinski definition) is 8. The Kier molecular flexibility index (Phi) is 10.5. The molecule has 280 valence electrons. The van der Waals surface area contributed by atoms with E-state index >= 15 is 0 Å². The molecule has 4 aromatic carbocycles. The topological polar surface area (TPSA) is 88.2 Å². The Bertz CT molecular complexity index is 2270. The second-order valence-electron chi connectivity index (χ2n) is 14.3. The maximum Gasteiger partial charge on any atom is 0.352 e. The van der Waals surface area contributed by atoms with E-state index in [9.17, 15) is 9.90 Å². The molecule has 54 heavy (non-hydrogen) atoms. The van der Waals surface area contributed by atoms with E-state index in [0.29, 0.717) is 38.3 Å². The number of rotatable bonds is 11. The third kappa shape index (κ3) is 7.15. The van der Waals surface area contributed by atoms with Gasteiger partial charge in [0.15, 0.2) is 0 Å². The largest absolute Gasteiger partial charge is 0.493 e. The molecule has 8 rings (SSSR count). The fourth-order valence-corrected chi connectivity index (χ4v) is 8.76. The van der Waals surface area contributed by atoms with Gasteiger partial charge in [-0.15, -0.1) is 0 Å². The third-order valence-corrected chi connectivity index (χ3v) is 11.8. The molecule has 11 heteroatoms. The molecule has 0 radical (unpaired) electrons. The van der Waals surface area contributed by atoms with E-state index in [4.69, 9.17) is 14.6 Å². The zero-order chi connectivity index (χ0) is 37.2. The van der Waals surface area contributed by atoms with Crippen molar-refractivity contribution >= 4 is 45.3 Å². The number of para-hydroxylation sites is 1. The number of aromatic nitrogens is 3. The molecule has 2 aliphatic rings. The number of carboxylic acids is 1. The van der Waals surface area contributed by atoms with Gasteiger partial charge < -0.3 is 28.9 Å². The van der Waals surface area contributed by atoms with Crippen molar-refractivity contribution < 1.29 is 19.4 Å². The minimum atomic E-state index is -0.905. The molecule has 0 bridgehead atoms. The molecule has 6 aromatic rings. The van der Waals surface area contributed by atoms with E-state index in [-0.39, 0.29) is 0 Å². The lowest BCUT2D eigenvalue weighted by atomic mass is 9.97. The summed E-state index contributed by atoms with van der Waals surface area (Å²) in [6, 6.07) is 28.9. The molecule has 0 atom stereocenters. The van der Waals surface area contributed by atoms with Crippen molar-refractivity contribution in [1.82, 2.24) is 23.6 Å². The van der Waals surface area contributed by atoms with Crippen molar-refractivity contribution in [3.8, 4) is 22.6 Å². The quantitative estimate of drug-likeness (QED) is 0.106. The van der Waals surface area contributed by atoms with Crippen molar-refractivity contribution in [3.63, 3.8) is 0 Å². The van der Waals surface area contributed by atoms with Crippen LogP contribution in [0.15, 0.2) is 84.9 Å². The Balaban J connectivity index is 1.10.